The van der Waals surface area contributed by atoms with E-state index in [0.717, 1.165) is 44.6 Å². The van der Waals surface area contributed by atoms with Crippen LogP contribution in [-0.2, 0) is 0 Å². The molecule has 2 saturated heterocycles. The highest BCUT2D eigenvalue weighted by Crippen LogP contribution is 2.47. The van der Waals surface area contributed by atoms with E-state index in [1.54, 1.807) is 0 Å². The molecule has 9 heteroatoms. The van der Waals surface area contributed by atoms with Gasteiger partial charge in [-0.15, -0.1) is 0 Å². The molecule has 158 valence electrons. The second-order valence-corrected chi connectivity index (χ2v) is 9.27. The molecule has 3 heterocycles. The van der Waals surface area contributed by atoms with Gasteiger partial charge in [0.15, 0.2) is 0 Å². The highest BCUT2D eigenvalue weighted by molar-refractivity contribution is 7.98. The lowest BCUT2D eigenvalue weighted by Crippen LogP contribution is -2.55. The fraction of sp³-hybridized carbons (Fsp3) is 0.650. The standard InChI is InChI=1S/C20H24F4N4S/c21-13-9-15(18-16(10-13)29-26-19(25-18)12-3-4-12)28-8-5-14(27-6-1-2-7-27)11-17(28)20(22,23)24/h9-10,12,14,17H,1-8,11H2,(H,25,26)/t14-,17+/m1/s1. The van der Waals surface area contributed by atoms with Crippen LogP contribution < -0.4 is 9.62 Å². The maximum Gasteiger partial charge on any atom is 0.408 e. The van der Waals surface area contributed by atoms with Crippen LogP contribution in [0.2, 0.25) is 0 Å². The molecule has 0 radical (unpaired) electrons. The summed E-state index contributed by atoms with van der Waals surface area (Å²) in [6, 6.07) is 0.898. The molecule has 4 nitrogen and oxygen atoms in total. The van der Waals surface area contributed by atoms with Crippen molar-refractivity contribution in [3.8, 4) is 0 Å². The second-order valence-electron chi connectivity index (χ2n) is 8.42. The summed E-state index contributed by atoms with van der Waals surface area (Å²) in [4.78, 5) is 8.73. The van der Waals surface area contributed by atoms with E-state index < -0.39 is 18.0 Å². The number of amidine groups is 1. The zero-order valence-electron chi connectivity index (χ0n) is 16.0. The first-order chi connectivity index (χ1) is 13.9. The third-order valence-electron chi connectivity index (χ3n) is 6.40. The van der Waals surface area contributed by atoms with E-state index in [1.807, 2.05) is 0 Å². The number of fused-ring (bicyclic) bond motifs is 1. The zero-order valence-corrected chi connectivity index (χ0v) is 16.8. The molecule has 0 amide bonds. The number of rotatable bonds is 3. The van der Waals surface area contributed by atoms with Gasteiger partial charge in [0, 0.05) is 18.5 Å². The lowest BCUT2D eigenvalue weighted by atomic mass is 9.94. The fourth-order valence-electron chi connectivity index (χ4n) is 4.74. The molecule has 3 aliphatic heterocycles. The first kappa shape index (κ1) is 19.5. The van der Waals surface area contributed by atoms with Crippen LogP contribution in [0.25, 0.3) is 0 Å². The Labute approximate surface area is 171 Å². The van der Waals surface area contributed by atoms with Crippen LogP contribution in [0.1, 0.15) is 38.5 Å². The van der Waals surface area contributed by atoms with E-state index in [9.17, 15) is 17.6 Å². The minimum atomic E-state index is -4.37. The van der Waals surface area contributed by atoms with Crippen molar-refractivity contribution >= 4 is 29.2 Å². The van der Waals surface area contributed by atoms with Crippen molar-refractivity contribution in [2.75, 3.05) is 24.5 Å². The summed E-state index contributed by atoms with van der Waals surface area (Å²) in [6.07, 6.45) is 0.478. The number of likely N-dealkylation sites (tertiary alicyclic amines) is 1. The molecule has 3 fully saturated rings. The molecular formula is C20H24F4N4S. The number of hydrogen-bond donors (Lipinski definition) is 1. The van der Waals surface area contributed by atoms with Gasteiger partial charge in [0.2, 0.25) is 0 Å². The Hall–Kier alpha value is -1.48. The number of alkyl halides is 3. The van der Waals surface area contributed by atoms with Crippen LogP contribution >= 0.6 is 11.9 Å². The van der Waals surface area contributed by atoms with Crippen molar-refractivity contribution in [1.82, 2.24) is 9.62 Å². The van der Waals surface area contributed by atoms with Gasteiger partial charge in [-0.25, -0.2) is 9.38 Å². The fourth-order valence-corrected chi connectivity index (χ4v) is 5.58. The van der Waals surface area contributed by atoms with E-state index in [4.69, 9.17) is 0 Å². The Kier molecular flexibility index (Phi) is 4.93. The summed E-state index contributed by atoms with van der Waals surface area (Å²) in [6.45, 7) is 2.01. The van der Waals surface area contributed by atoms with Crippen LogP contribution in [0, 0.1) is 11.7 Å². The number of nitrogens with one attached hydrogen (secondary N) is 1. The van der Waals surface area contributed by atoms with E-state index >= 15 is 0 Å². The van der Waals surface area contributed by atoms with Crippen molar-refractivity contribution in [2.24, 2.45) is 10.9 Å². The van der Waals surface area contributed by atoms with E-state index in [-0.39, 0.29) is 24.7 Å². The van der Waals surface area contributed by atoms with Crippen LogP contribution in [0.5, 0.6) is 0 Å². The molecule has 4 aliphatic rings. The maximum absolute atomic E-state index is 14.3. The highest BCUT2D eigenvalue weighted by Gasteiger charge is 2.49. The van der Waals surface area contributed by atoms with Gasteiger partial charge in [0.25, 0.3) is 0 Å². The SMILES string of the molecule is Fc1cc2c(c(N3CC[C@@H](N4CCCC4)C[C@H]3C(F)(F)F)c1)N=C(C1CC1)NS2. The van der Waals surface area contributed by atoms with Crippen molar-refractivity contribution in [2.45, 2.75) is 61.7 Å². The Morgan fingerprint density at radius 1 is 1.07 bits per heavy atom. The minimum Gasteiger partial charge on any atom is -0.358 e. The van der Waals surface area contributed by atoms with Crippen molar-refractivity contribution in [1.29, 1.82) is 0 Å². The Morgan fingerprint density at radius 2 is 1.83 bits per heavy atom. The molecule has 5 rings (SSSR count). The Bertz CT molecular complexity index is 817. The van der Waals surface area contributed by atoms with E-state index in [2.05, 4.69) is 14.6 Å². The number of halogens is 4. The Balaban J connectivity index is 1.50. The molecule has 1 N–H and O–H groups in total. The van der Waals surface area contributed by atoms with Gasteiger partial charge in [-0.05, 0) is 75.7 Å². The normalized spacial score (nSPS) is 28.1. The monoisotopic (exact) mass is 428 g/mol. The van der Waals surface area contributed by atoms with Crippen LogP contribution in [0.4, 0.5) is 28.9 Å². The molecule has 29 heavy (non-hydrogen) atoms. The van der Waals surface area contributed by atoms with Crippen LogP contribution in [0.15, 0.2) is 22.0 Å². The number of aliphatic imine (C=N–C) groups is 1. The van der Waals surface area contributed by atoms with Gasteiger partial charge in [0.1, 0.15) is 23.4 Å². The van der Waals surface area contributed by atoms with Gasteiger partial charge in [-0.3, -0.25) is 0 Å². The third-order valence-corrected chi connectivity index (χ3v) is 7.24. The first-order valence-corrected chi connectivity index (χ1v) is 11.1. The molecule has 0 bridgehead atoms. The average Bonchev–Trinajstić information content (AvgIpc) is 3.40. The van der Waals surface area contributed by atoms with Crippen molar-refractivity contribution in [3.63, 3.8) is 0 Å². The Morgan fingerprint density at radius 3 is 2.52 bits per heavy atom. The van der Waals surface area contributed by atoms with Crippen LogP contribution in [0.3, 0.4) is 0 Å². The number of nitrogens with zero attached hydrogens (tertiary/aromatic N) is 3. The number of anilines is 1. The minimum absolute atomic E-state index is 0.0272. The topological polar surface area (TPSA) is 30.9 Å². The molecule has 0 aromatic heterocycles. The number of hydrogen-bond acceptors (Lipinski definition) is 5. The predicted molar refractivity (Wildman–Crippen MR) is 106 cm³/mol. The summed E-state index contributed by atoms with van der Waals surface area (Å²) in [5.41, 5.74) is 0.750. The molecule has 1 aliphatic carbocycles. The quantitative estimate of drug-likeness (QED) is 0.550. The summed E-state index contributed by atoms with van der Waals surface area (Å²) in [7, 11) is 0. The lowest BCUT2D eigenvalue weighted by Gasteiger charge is -2.44. The summed E-state index contributed by atoms with van der Waals surface area (Å²) >= 11 is 1.25. The second kappa shape index (κ2) is 7.34. The number of benzene rings is 1. The smallest absolute Gasteiger partial charge is 0.358 e. The summed E-state index contributed by atoms with van der Waals surface area (Å²) in [5.74, 6) is 0.611. The maximum atomic E-state index is 14.3. The number of piperidine rings is 1. The molecule has 1 aromatic rings. The van der Waals surface area contributed by atoms with E-state index in [1.165, 1.54) is 29.0 Å². The van der Waals surface area contributed by atoms with Crippen LogP contribution in [-0.4, -0.2) is 48.6 Å². The molecular weight excluding hydrogens is 404 g/mol. The van der Waals surface area contributed by atoms with Gasteiger partial charge in [0.05, 0.1) is 10.6 Å². The zero-order chi connectivity index (χ0) is 20.2. The summed E-state index contributed by atoms with van der Waals surface area (Å²) in [5, 5.41) is 0. The van der Waals surface area contributed by atoms with Crippen molar-refractivity contribution in [3.05, 3.63) is 17.9 Å². The van der Waals surface area contributed by atoms with Gasteiger partial charge < -0.3 is 14.5 Å². The molecule has 1 saturated carbocycles. The predicted octanol–water partition coefficient (Wildman–Crippen LogP) is 4.87. The van der Waals surface area contributed by atoms with E-state index in [0.29, 0.717) is 22.9 Å². The molecule has 1 aromatic carbocycles. The lowest BCUT2D eigenvalue weighted by molar-refractivity contribution is -0.156. The van der Waals surface area contributed by atoms with Gasteiger partial charge in [-0.2, -0.15) is 13.2 Å². The third kappa shape index (κ3) is 3.83. The van der Waals surface area contributed by atoms with Crippen molar-refractivity contribution < 1.29 is 17.6 Å². The van der Waals surface area contributed by atoms with Gasteiger partial charge >= 0.3 is 6.18 Å². The molecule has 0 unspecified atom stereocenters. The summed E-state index contributed by atoms with van der Waals surface area (Å²) < 4.78 is 59.7. The molecule has 2 atom stereocenters. The largest absolute Gasteiger partial charge is 0.408 e. The average molecular weight is 428 g/mol. The molecule has 0 spiro atoms. The van der Waals surface area contributed by atoms with Gasteiger partial charge in [-0.1, -0.05) is 0 Å². The first-order valence-electron chi connectivity index (χ1n) is 10.3. The highest BCUT2D eigenvalue weighted by atomic mass is 32.2.